The van der Waals surface area contributed by atoms with Gasteiger partial charge in [-0.05, 0) is 78.6 Å². The number of carbonyl (C=O) groups excluding carboxylic acids is 4. The first kappa shape index (κ1) is 35.7. The molecule has 5 aliphatic rings. The number of hydrogen-bond acceptors (Lipinski definition) is 9. The van der Waals surface area contributed by atoms with Gasteiger partial charge in [0.1, 0.15) is 5.82 Å². The van der Waals surface area contributed by atoms with Gasteiger partial charge in [0.2, 0.25) is 11.8 Å². The lowest BCUT2D eigenvalue weighted by Crippen LogP contribution is -2.53. The number of rotatable bonds is 9. The molecule has 3 saturated heterocycles. The van der Waals surface area contributed by atoms with E-state index in [1.54, 1.807) is 24.0 Å². The summed E-state index contributed by atoms with van der Waals surface area (Å²) in [5.74, 6) is -2.04. The lowest BCUT2D eigenvalue weighted by atomic mass is 9.87. The topological polar surface area (TPSA) is 133 Å². The Bertz CT molecular complexity index is 2400. The Balaban J connectivity index is 0.853. The van der Waals surface area contributed by atoms with E-state index in [9.17, 15) is 19.2 Å². The number of nitrogens with one attached hydrogen (secondary N) is 2. The van der Waals surface area contributed by atoms with Crippen molar-refractivity contribution < 1.29 is 23.6 Å². The SMILES string of the molecule is O=C1CCC(c2ccccc2CN2C3CCC2CN(c2ccc(-c4cc(F)c5c(c4)C(=O)N(C(C(=O)Nc4nccs4)c4ncn6c4CCC6)C5)cc2)C3)C(=O)N1. The number of aryl methyl sites for hydroxylation is 1. The number of piperidine rings is 1. The highest BCUT2D eigenvalue weighted by atomic mass is 32.1. The highest BCUT2D eigenvalue weighted by Gasteiger charge is 2.43. The maximum Gasteiger partial charge on any atom is 0.255 e. The monoisotopic (exact) mass is 784 g/mol. The van der Waals surface area contributed by atoms with Crippen LogP contribution in [0.1, 0.15) is 82.5 Å². The van der Waals surface area contributed by atoms with Gasteiger partial charge in [0.25, 0.3) is 11.8 Å². The van der Waals surface area contributed by atoms with E-state index in [0.717, 1.165) is 79.9 Å². The van der Waals surface area contributed by atoms with Crippen LogP contribution in [0.15, 0.2) is 78.6 Å². The van der Waals surface area contributed by atoms with E-state index in [4.69, 9.17) is 0 Å². The molecule has 3 fully saturated rings. The van der Waals surface area contributed by atoms with Gasteiger partial charge in [-0.3, -0.25) is 34.7 Å². The Labute approximate surface area is 332 Å². The minimum atomic E-state index is -1.04. The Hall–Kier alpha value is -5.73. The molecule has 2 aromatic heterocycles. The zero-order valence-corrected chi connectivity index (χ0v) is 32.0. The number of hydrogen-bond donors (Lipinski definition) is 2. The third kappa shape index (κ3) is 6.40. The van der Waals surface area contributed by atoms with Crippen LogP contribution in [0.3, 0.4) is 0 Å². The normalized spacial score (nSPS) is 22.1. The van der Waals surface area contributed by atoms with Crippen molar-refractivity contribution in [1.82, 2.24) is 29.7 Å². The van der Waals surface area contributed by atoms with Crippen LogP contribution < -0.4 is 15.5 Å². The highest BCUT2D eigenvalue weighted by Crippen LogP contribution is 2.40. The van der Waals surface area contributed by atoms with Crippen molar-refractivity contribution in [3.63, 3.8) is 0 Å². The van der Waals surface area contributed by atoms with Gasteiger partial charge in [0.15, 0.2) is 11.2 Å². The molecule has 0 radical (unpaired) electrons. The van der Waals surface area contributed by atoms with Crippen LogP contribution in [0.25, 0.3) is 11.1 Å². The Morgan fingerprint density at radius 2 is 1.77 bits per heavy atom. The number of imide groups is 1. The second kappa shape index (κ2) is 14.3. The number of aromatic nitrogens is 3. The summed E-state index contributed by atoms with van der Waals surface area (Å²) in [7, 11) is 0. The molecule has 57 heavy (non-hydrogen) atoms. The van der Waals surface area contributed by atoms with Gasteiger partial charge in [-0.25, -0.2) is 14.4 Å². The minimum Gasteiger partial charge on any atom is -0.368 e. The zero-order chi connectivity index (χ0) is 38.8. The van der Waals surface area contributed by atoms with E-state index in [1.165, 1.54) is 22.3 Å². The van der Waals surface area contributed by atoms with Gasteiger partial charge in [0, 0.05) is 78.8 Å². The van der Waals surface area contributed by atoms with Crippen LogP contribution in [-0.4, -0.2) is 73.1 Å². The fourth-order valence-electron chi connectivity index (χ4n) is 9.69. The molecule has 4 amide bonds. The fourth-order valence-corrected chi connectivity index (χ4v) is 10.2. The number of thiazole rings is 1. The van der Waals surface area contributed by atoms with Crippen LogP contribution in [-0.2, 0) is 40.4 Å². The van der Waals surface area contributed by atoms with Gasteiger partial charge in [-0.15, -0.1) is 11.3 Å². The molecular weight excluding hydrogens is 744 g/mol. The minimum absolute atomic E-state index is 0.0434. The Morgan fingerprint density at radius 3 is 2.54 bits per heavy atom. The molecule has 4 unspecified atom stereocenters. The van der Waals surface area contributed by atoms with Crippen molar-refractivity contribution in [2.45, 2.75) is 82.2 Å². The van der Waals surface area contributed by atoms with Crippen molar-refractivity contribution in [3.05, 3.63) is 118 Å². The van der Waals surface area contributed by atoms with Gasteiger partial charge in [-0.1, -0.05) is 36.4 Å². The molecule has 0 spiro atoms. The van der Waals surface area contributed by atoms with E-state index in [0.29, 0.717) is 41.3 Å². The summed E-state index contributed by atoms with van der Waals surface area (Å²) < 4.78 is 18.0. The standard InChI is InChI=1S/C43H41FN8O4S/c44-35-19-27(18-33-34(35)23-52(42(33)56)39(41(55)48-43-45-15-17-57-43)38-36-6-3-16-49(36)24-46-38)25-7-9-28(10-8-25)50-21-29-11-12-30(22-50)51(29)20-26-4-1-2-5-31(26)32-13-14-37(53)47-40(32)54/h1-2,4-5,7-10,15,17-19,24,29-30,32,39H,3,6,11-14,16,20-23H2,(H,45,48,55)(H,47,53,54). The Morgan fingerprint density at radius 1 is 0.965 bits per heavy atom. The average Bonchev–Trinajstić information content (AvgIpc) is 4.05. The number of piperazine rings is 1. The van der Waals surface area contributed by atoms with Crippen molar-refractivity contribution in [2.24, 2.45) is 0 Å². The summed E-state index contributed by atoms with van der Waals surface area (Å²) >= 11 is 1.29. The number of imidazole rings is 1. The van der Waals surface area contributed by atoms with E-state index < -0.39 is 23.7 Å². The molecule has 3 aromatic carbocycles. The molecule has 10 rings (SSSR count). The van der Waals surface area contributed by atoms with Gasteiger partial charge in [0.05, 0.1) is 24.5 Å². The van der Waals surface area contributed by atoms with E-state index >= 15 is 4.39 Å². The van der Waals surface area contributed by atoms with Gasteiger partial charge >= 0.3 is 0 Å². The predicted molar refractivity (Wildman–Crippen MR) is 212 cm³/mol. The fraction of sp³-hybridized carbons (Fsp3) is 0.349. The number of halogens is 1. The second-order valence-electron chi connectivity index (χ2n) is 15.7. The molecule has 5 aromatic rings. The summed E-state index contributed by atoms with van der Waals surface area (Å²) in [4.78, 5) is 67.8. The number of carbonyl (C=O) groups is 4. The van der Waals surface area contributed by atoms with Crippen LogP contribution in [0, 0.1) is 5.82 Å². The zero-order valence-electron chi connectivity index (χ0n) is 31.2. The number of fused-ring (bicyclic) bond motifs is 4. The predicted octanol–water partition coefficient (Wildman–Crippen LogP) is 5.80. The lowest BCUT2D eigenvalue weighted by Gasteiger charge is -2.42. The molecule has 5 aliphatic heterocycles. The molecule has 14 heteroatoms. The number of anilines is 2. The quantitative estimate of drug-likeness (QED) is 0.179. The summed E-state index contributed by atoms with van der Waals surface area (Å²) in [6.45, 7) is 3.25. The first-order chi connectivity index (χ1) is 27.8. The summed E-state index contributed by atoms with van der Waals surface area (Å²) in [5.41, 5.74) is 6.60. The summed E-state index contributed by atoms with van der Waals surface area (Å²) in [6, 6.07) is 19.1. The van der Waals surface area contributed by atoms with Gasteiger partial charge in [-0.2, -0.15) is 0 Å². The largest absolute Gasteiger partial charge is 0.368 e. The first-order valence-electron chi connectivity index (χ1n) is 19.7. The highest BCUT2D eigenvalue weighted by molar-refractivity contribution is 7.13. The maximum atomic E-state index is 16.0. The first-order valence-corrected chi connectivity index (χ1v) is 20.6. The van der Waals surface area contributed by atoms with Crippen molar-refractivity contribution >= 4 is 45.8 Å². The molecule has 290 valence electrons. The molecule has 0 aliphatic carbocycles. The molecule has 0 saturated carbocycles. The second-order valence-corrected chi connectivity index (χ2v) is 16.6. The van der Waals surface area contributed by atoms with Gasteiger partial charge < -0.3 is 14.4 Å². The smallest absolute Gasteiger partial charge is 0.255 e. The summed E-state index contributed by atoms with van der Waals surface area (Å²) in [5, 5.41) is 7.55. The van der Waals surface area contributed by atoms with Crippen molar-refractivity contribution in [2.75, 3.05) is 23.3 Å². The summed E-state index contributed by atoms with van der Waals surface area (Å²) in [6.07, 6.45) is 8.07. The molecule has 4 atom stereocenters. The molecular formula is C43H41FN8O4S. The molecule has 2 N–H and O–H groups in total. The lowest BCUT2D eigenvalue weighted by molar-refractivity contribution is -0.134. The Kier molecular flexibility index (Phi) is 8.97. The van der Waals surface area contributed by atoms with E-state index in [2.05, 4.69) is 48.6 Å². The average molecular weight is 785 g/mol. The third-order valence-corrected chi connectivity index (χ3v) is 13.2. The van der Waals surface area contributed by atoms with E-state index in [-0.39, 0.29) is 35.4 Å². The molecule has 2 bridgehead atoms. The van der Waals surface area contributed by atoms with Crippen molar-refractivity contribution in [1.29, 1.82) is 0 Å². The number of benzene rings is 3. The molecule has 7 heterocycles. The van der Waals surface area contributed by atoms with Crippen LogP contribution >= 0.6 is 11.3 Å². The maximum absolute atomic E-state index is 16.0. The van der Waals surface area contributed by atoms with E-state index in [1.807, 2.05) is 34.9 Å². The van der Waals surface area contributed by atoms with Crippen LogP contribution in [0.5, 0.6) is 0 Å². The van der Waals surface area contributed by atoms with Crippen LogP contribution in [0.2, 0.25) is 0 Å². The van der Waals surface area contributed by atoms with Crippen LogP contribution in [0.4, 0.5) is 15.2 Å². The van der Waals surface area contributed by atoms with Crippen molar-refractivity contribution in [3.8, 4) is 11.1 Å². The third-order valence-electron chi connectivity index (χ3n) is 12.5. The number of amides is 4. The number of nitrogens with zero attached hydrogens (tertiary/aromatic N) is 6. The molecule has 12 nitrogen and oxygen atoms in total.